The van der Waals surface area contributed by atoms with Crippen LogP contribution in [0, 0.1) is 5.82 Å². The van der Waals surface area contributed by atoms with Gasteiger partial charge in [-0.3, -0.25) is 0 Å². The van der Waals surface area contributed by atoms with Crippen molar-refractivity contribution in [2.24, 2.45) is 5.73 Å². The molecule has 13 heavy (non-hydrogen) atoms. The van der Waals surface area contributed by atoms with Gasteiger partial charge < -0.3 is 11.1 Å². The van der Waals surface area contributed by atoms with Crippen LogP contribution in [0.3, 0.4) is 0 Å². The second-order valence-corrected chi connectivity index (χ2v) is 3.58. The molecule has 1 aromatic carbocycles. The van der Waals surface area contributed by atoms with Gasteiger partial charge in [-0.1, -0.05) is 11.6 Å². The van der Waals surface area contributed by atoms with Gasteiger partial charge in [0.25, 0.3) is 0 Å². The third-order valence-corrected chi connectivity index (χ3v) is 2.54. The number of anilines is 1. The summed E-state index contributed by atoms with van der Waals surface area (Å²) < 4.78 is 13.0. The first kappa shape index (κ1) is 8.78. The maximum absolute atomic E-state index is 13.0. The smallest absolute Gasteiger partial charge is 0.125 e. The standard InChI is InChI=1S/C9H10ClFN2/c10-7-4-5(11)3-6-8(12)1-2-13-9(6)7/h3-4,8,13H,1-2,12H2. The molecule has 2 rings (SSSR count). The molecule has 0 saturated heterocycles. The Balaban J connectivity index is 2.56. The van der Waals surface area contributed by atoms with Crippen LogP contribution in [0.25, 0.3) is 0 Å². The lowest BCUT2D eigenvalue weighted by atomic mass is 9.99. The Morgan fingerprint density at radius 2 is 2.31 bits per heavy atom. The molecule has 0 aliphatic carbocycles. The molecule has 0 aromatic heterocycles. The largest absolute Gasteiger partial charge is 0.383 e. The highest BCUT2D eigenvalue weighted by atomic mass is 35.5. The summed E-state index contributed by atoms with van der Waals surface area (Å²) in [5, 5.41) is 3.52. The molecule has 70 valence electrons. The predicted octanol–water partition coefficient (Wildman–Crippen LogP) is 2.29. The SMILES string of the molecule is NC1CCNc2c(Cl)cc(F)cc21. The summed E-state index contributed by atoms with van der Waals surface area (Å²) in [7, 11) is 0. The molecule has 0 bridgehead atoms. The Kier molecular flexibility index (Phi) is 2.14. The van der Waals surface area contributed by atoms with E-state index in [1.807, 2.05) is 0 Å². The van der Waals surface area contributed by atoms with Gasteiger partial charge >= 0.3 is 0 Å². The van der Waals surface area contributed by atoms with E-state index >= 15 is 0 Å². The fourth-order valence-corrected chi connectivity index (χ4v) is 1.86. The highest BCUT2D eigenvalue weighted by Gasteiger charge is 2.19. The molecule has 0 radical (unpaired) electrons. The predicted molar refractivity (Wildman–Crippen MR) is 51.4 cm³/mol. The summed E-state index contributed by atoms with van der Waals surface area (Å²) in [6, 6.07) is 2.63. The lowest BCUT2D eigenvalue weighted by Crippen LogP contribution is -2.22. The molecule has 1 aromatic rings. The summed E-state index contributed by atoms with van der Waals surface area (Å²) >= 11 is 5.85. The van der Waals surface area contributed by atoms with E-state index in [4.69, 9.17) is 17.3 Å². The first-order chi connectivity index (χ1) is 6.18. The van der Waals surface area contributed by atoms with Gasteiger partial charge in [0, 0.05) is 12.6 Å². The second-order valence-electron chi connectivity index (χ2n) is 3.17. The molecule has 4 heteroatoms. The Bertz CT molecular complexity index is 341. The van der Waals surface area contributed by atoms with Crippen molar-refractivity contribution < 1.29 is 4.39 Å². The maximum atomic E-state index is 13.0. The number of fused-ring (bicyclic) bond motifs is 1. The van der Waals surface area contributed by atoms with Crippen LogP contribution in [0.1, 0.15) is 18.0 Å². The van der Waals surface area contributed by atoms with Crippen molar-refractivity contribution in [2.75, 3.05) is 11.9 Å². The Hall–Kier alpha value is -0.800. The molecule has 1 unspecified atom stereocenters. The summed E-state index contributed by atoms with van der Waals surface area (Å²) in [6.07, 6.45) is 0.812. The summed E-state index contributed by atoms with van der Waals surface area (Å²) in [5.74, 6) is -0.331. The van der Waals surface area contributed by atoms with Crippen LogP contribution in [0.4, 0.5) is 10.1 Å². The van der Waals surface area contributed by atoms with Crippen LogP contribution in [-0.4, -0.2) is 6.54 Å². The van der Waals surface area contributed by atoms with Crippen molar-refractivity contribution in [3.63, 3.8) is 0 Å². The normalized spacial score (nSPS) is 20.7. The molecule has 1 heterocycles. The average Bonchev–Trinajstić information content (AvgIpc) is 2.07. The van der Waals surface area contributed by atoms with E-state index in [1.54, 1.807) is 0 Å². The van der Waals surface area contributed by atoms with Crippen molar-refractivity contribution in [3.05, 3.63) is 28.5 Å². The zero-order valence-electron chi connectivity index (χ0n) is 6.98. The average molecular weight is 201 g/mol. The van der Waals surface area contributed by atoms with Crippen LogP contribution >= 0.6 is 11.6 Å². The van der Waals surface area contributed by atoms with Crippen molar-refractivity contribution in [1.82, 2.24) is 0 Å². The zero-order chi connectivity index (χ0) is 9.42. The van der Waals surface area contributed by atoms with Crippen LogP contribution in [0.5, 0.6) is 0 Å². The minimum Gasteiger partial charge on any atom is -0.383 e. The number of rotatable bonds is 0. The van der Waals surface area contributed by atoms with Crippen molar-refractivity contribution in [3.8, 4) is 0 Å². The molecule has 1 aliphatic rings. The van der Waals surface area contributed by atoms with E-state index in [0.717, 1.165) is 24.2 Å². The fraction of sp³-hybridized carbons (Fsp3) is 0.333. The topological polar surface area (TPSA) is 38.0 Å². The number of hydrogen-bond donors (Lipinski definition) is 2. The van der Waals surface area contributed by atoms with Crippen molar-refractivity contribution in [1.29, 1.82) is 0 Å². The molecular weight excluding hydrogens is 191 g/mol. The van der Waals surface area contributed by atoms with Gasteiger partial charge in [0.15, 0.2) is 0 Å². The molecule has 3 N–H and O–H groups in total. The summed E-state index contributed by atoms with van der Waals surface area (Å²) in [4.78, 5) is 0. The van der Waals surface area contributed by atoms with E-state index < -0.39 is 0 Å². The molecular formula is C9H10ClFN2. The van der Waals surface area contributed by atoms with Gasteiger partial charge in [-0.25, -0.2) is 4.39 Å². The Morgan fingerprint density at radius 1 is 1.54 bits per heavy atom. The highest BCUT2D eigenvalue weighted by molar-refractivity contribution is 6.33. The maximum Gasteiger partial charge on any atom is 0.125 e. The third kappa shape index (κ3) is 1.49. The van der Waals surface area contributed by atoms with E-state index in [1.165, 1.54) is 12.1 Å². The van der Waals surface area contributed by atoms with Crippen LogP contribution in [0.15, 0.2) is 12.1 Å². The van der Waals surface area contributed by atoms with Gasteiger partial charge in [0.2, 0.25) is 0 Å². The Labute approximate surface area is 80.9 Å². The van der Waals surface area contributed by atoms with Gasteiger partial charge in [-0.15, -0.1) is 0 Å². The highest BCUT2D eigenvalue weighted by Crippen LogP contribution is 2.34. The first-order valence-electron chi connectivity index (χ1n) is 4.17. The second kappa shape index (κ2) is 3.16. The van der Waals surface area contributed by atoms with Crippen molar-refractivity contribution in [2.45, 2.75) is 12.5 Å². The van der Waals surface area contributed by atoms with Crippen LogP contribution in [0.2, 0.25) is 5.02 Å². The monoisotopic (exact) mass is 200 g/mol. The fourth-order valence-electron chi connectivity index (χ4n) is 1.58. The number of nitrogens with one attached hydrogen (secondary N) is 1. The van der Waals surface area contributed by atoms with Gasteiger partial charge in [-0.2, -0.15) is 0 Å². The lowest BCUT2D eigenvalue weighted by Gasteiger charge is -2.24. The van der Waals surface area contributed by atoms with Crippen LogP contribution in [-0.2, 0) is 0 Å². The molecule has 1 aliphatic heterocycles. The van der Waals surface area contributed by atoms with Gasteiger partial charge in [0.05, 0.1) is 10.7 Å². The summed E-state index contributed by atoms with van der Waals surface area (Å²) in [6.45, 7) is 0.791. The molecule has 0 amide bonds. The molecule has 0 spiro atoms. The summed E-state index contributed by atoms with van der Waals surface area (Å²) in [5.41, 5.74) is 7.37. The number of nitrogens with two attached hydrogens (primary N) is 1. The number of hydrogen-bond acceptors (Lipinski definition) is 2. The first-order valence-corrected chi connectivity index (χ1v) is 4.54. The minimum absolute atomic E-state index is 0.107. The molecule has 1 atom stereocenters. The van der Waals surface area contributed by atoms with Crippen LogP contribution < -0.4 is 11.1 Å². The van der Waals surface area contributed by atoms with E-state index in [9.17, 15) is 4.39 Å². The molecule has 0 fully saturated rings. The van der Waals surface area contributed by atoms with E-state index in [0.29, 0.717) is 5.02 Å². The Morgan fingerprint density at radius 3 is 3.08 bits per heavy atom. The lowest BCUT2D eigenvalue weighted by molar-refractivity contribution is 0.608. The minimum atomic E-state index is -0.331. The number of halogens is 2. The third-order valence-electron chi connectivity index (χ3n) is 2.24. The number of benzene rings is 1. The quantitative estimate of drug-likeness (QED) is 0.675. The zero-order valence-corrected chi connectivity index (χ0v) is 7.74. The van der Waals surface area contributed by atoms with E-state index in [2.05, 4.69) is 5.32 Å². The molecule has 0 saturated carbocycles. The van der Waals surface area contributed by atoms with Gasteiger partial charge in [0.1, 0.15) is 5.82 Å². The van der Waals surface area contributed by atoms with E-state index in [-0.39, 0.29) is 11.9 Å². The van der Waals surface area contributed by atoms with Gasteiger partial charge in [-0.05, 0) is 24.1 Å². The molecule has 2 nitrogen and oxygen atoms in total. The van der Waals surface area contributed by atoms with Crippen molar-refractivity contribution >= 4 is 17.3 Å².